The van der Waals surface area contributed by atoms with E-state index in [1.807, 2.05) is 0 Å². The third kappa shape index (κ3) is 8.06. The van der Waals surface area contributed by atoms with Crippen LogP contribution in [0.2, 0.25) is 58.9 Å². The van der Waals surface area contributed by atoms with Crippen LogP contribution in [0.1, 0.15) is 0 Å². The van der Waals surface area contributed by atoms with E-state index in [-0.39, 0.29) is 18.3 Å². The van der Waals surface area contributed by atoms with Crippen LogP contribution in [0, 0.1) is 0 Å². The minimum atomic E-state index is -1.64. The SMILES string of the molecule is C[Si](C)(C)OC[C@@H]1OC[C@@H](O[Si](C)(C)C)[C@H]1O[Si](C)(C)C. The van der Waals surface area contributed by atoms with Crippen molar-refractivity contribution in [2.75, 3.05) is 13.2 Å². The van der Waals surface area contributed by atoms with E-state index in [0.717, 1.165) is 0 Å². The van der Waals surface area contributed by atoms with Gasteiger partial charge in [-0.15, -0.1) is 0 Å². The quantitative estimate of drug-likeness (QED) is 0.656. The Labute approximate surface area is 133 Å². The zero-order chi connectivity index (χ0) is 16.5. The fourth-order valence-corrected chi connectivity index (χ4v) is 5.13. The van der Waals surface area contributed by atoms with Crippen molar-refractivity contribution in [1.82, 2.24) is 0 Å². The molecule has 0 radical (unpaired) electrons. The molecule has 0 aromatic carbocycles. The molecule has 0 unspecified atom stereocenters. The molecule has 0 aromatic heterocycles. The van der Waals surface area contributed by atoms with E-state index >= 15 is 0 Å². The molecule has 126 valence electrons. The van der Waals surface area contributed by atoms with Crippen LogP contribution < -0.4 is 0 Å². The van der Waals surface area contributed by atoms with Crippen molar-refractivity contribution in [3.63, 3.8) is 0 Å². The Morgan fingerprint density at radius 3 is 1.76 bits per heavy atom. The molecule has 1 rings (SSSR count). The van der Waals surface area contributed by atoms with Crippen molar-refractivity contribution in [1.29, 1.82) is 0 Å². The van der Waals surface area contributed by atoms with Gasteiger partial charge in [0.05, 0.1) is 19.3 Å². The molecule has 0 N–H and O–H groups in total. The fourth-order valence-electron chi connectivity index (χ4n) is 2.24. The van der Waals surface area contributed by atoms with Gasteiger partial charge in [0.15, 0.2) is 25.0 Å². The first-order valence-electron chi connectivity index (χ1n) is 7.88. The Kier molecular flexibility index (Phi) is 6.46. The molecule has 0 spiro atoms. The Balaban J connectivity index is 2.74. The number of ether oxygens (including phenoxy) is 1. The second-order valence-electron chi connectivity index (χ2n) is 8.76. The lowest BCUT2D eigenvalue weighted by Crippen LogP contribution is -2.48. The van der Waals surface area contributed by atoms with Crippen LogP contribution in [0.25, 0.3) is 0 Å². The van der Waals surface area contributed by atoms with Gasteiger partial charge in [-0.3, -0.25) is 0 Å². The van der Waals surface area contributed by atoms with Crippen LogP contribution in [0.5, 0.6) is 0 Å². The first-order valence-corrected chi connectivity index (χ1v) is 18.1. The molecule has 1 aliphatic rings. The Morgan fingerprint density at radius 1 is 0.810 bits per heavy atom. The monoisotopic (exact) mass is 350 g/mol. The second-order valence-corrected chi connectivity index (χ2v) is 22.2. The summed E-state index contributed by atoms with van der Waals surface area (Å²) in [6.07, 6.45) is 0.0724. The summed E-state index contributed by atoms with van der Waals surface area (Å²) in [4.78, 5) is 0. The first-order chi connectivity index (χ1) is 9.27. The molecule has 0 saturated carbocycles. The maximum Gasteiger partial charge on any atom is 0.184 e. The summed E-state index contributed by atoms with van der Waals surface area (Å²) in [6.45, 7) is 21.1. The maximum atomic E-state index is 6.38. The summed E-state index contributed by atoms with van der Waals surface area (Å²) in [6, 6.07) is 0. The molecule has 1 fully saturated rings. The highest BCUT2D eigenvalue weighted by Gasteiger charge is 2.43. The predicted molar refractivity (Wildman–Crippen MR) is 95.5 cm³/mol. The molecule has 0 amide bonds. The molecule has 0 aliphatic carbocycles. The van der Waals surface area contributed by atoms with Crippen molar-refractivity contribution in [3.8, 4) is 0 Å². The van der Waals surface area contributed by atoms with Gasteiger partial charge in [-0.25, -0.2) is 0 Å². The van der Waals surface area contributed by atoms with Gasteiger partial charge in [0, 0.05) is 0 Å². The minimum Gasteiger partial charge on any atom is -0.415 e. The topological polar surface area (TPSA) is 36.9 Å². The third-order valence-electron chi connectivity index (χ3n) is 2.88. The molecule has 0 bridgehead atoms. The lowest BCUT2D eigenvalue weighted by Gasteiger charge is -2.33. The highest BCUT2D eigenvalue weighted by atomic mass is 28.4. The molecule has 7 heteroatoms. The molecule has 0 aromatic rings. The van der Waals surface area contributed by atoms with Crippen LogP contribution in [-0.4, -0.2) is 56.5 Å². The highest BCUT2D eigenvalue weighted by Crippen LogP contribution is 2.27. The van der Waals surface area contributed by atoms with E-state index in [2.05, 4.69) is 58.9 Å². The molecule has 21 heavy (non-hydrogen) atoms. The maximum absolute atomic E-state index is 6.38. The van der Waals surface area contributed by atoms with E-state index in [4.69, 9.17) is 18.0 Å². The molecular formula is C14H34O4Si3. The van der Waals surface area contributed by atoms with Gasteiger partial charge in [-0.05, 0) is 58.9 Å². The van der Waals surface area contributed by atoms with Crippen molar-refractivity contribution < 1.29 is 18.0 Å². The smallest absolute Gasteiger partial charge is 0.184 e. The number of hydrogen-bond acceptors (Lipinski definition) is 4. The lowest BCUT2D eigenvalue weighted by atomic mass is 10.2. The van der Waals surface area contributed by atoms with Gasteiger partial charge in [0.1, 0.15) is 12.2 Å². The fraction of sp³-hybridized carbons (Fsp3) is 1.00. The van der Waals surface area contributed by atoms with E-state index in [0.29, 0.717) is 13.2 Å². The van der Waals surface area contributed by atoms with Crippen LogP contribution in [0.4, 0.5) is 0 Å². The average Bonchev–Trinajstić information content (AvgIpc) is 2.52. The first kappa shape index (κ1) is 19.5. The van der Waals surface area contributed by atoms with Gasteiger partial charge >= 0.3 is 0 Å². The van der Waals surface area contributed by atoms with Crippen molar-refractivity contribution in [3.05, 3.63) is 0 Å². The van der Waals surface area contributed by atoms with Crippen molar-refractivity contribution in [2.45, 2.75) is 77.2 Å². The number of rotatable bonds is 7. The van der Waals surface area contributed by atoms with Gasteiger partial charge in [-0.1, -0.05) is 0 Å². The Morgan fingerprint density at radius 2 is 1.33 bits per heavy atom. The van der Waals surface area contributed by atoms with Crippen LogP contribution in [0.15, 0.2) is 0 Å². The van der Waals surface area contributed by atoms with Gasteiger partial charge in [0.25, 0.3) is 0 Å². The van der Waals surface area contributed by atoms with Gasteiger partial charge < -0.3 is 18.0 Å². The van der Waals surface area contributed by atoms with Crippen LogP contribution in [0.3, 0.4) is 0 Å². The summed E-state index contributed by atoms with van der Waals surface area (Å²) in [5, 5.41) is 0. The van der Waals surface area contributed by atoms with Gasteiger partial charge in [0.2, 0.25) is 0 Å². The van der Waals surface area contributed by atoms with E-state index in [1.54, 1.807) is 0 Å². The lowest BCUT2D eigenvalue weighted by molar-refractivity contribution is 0.00936. The summed E-state index contributed by atoms with van der Waals surface area (Å²) in [5.41, 5.74) is 0. The molecule has 1 saturated heterocycles. The molecule has 3 atom stereocenters. The van der Waals surface area contributed by atoms with E-state index < -0.39 is 25.0 Å². The Bertz CT molecular complexity index is 331. The third-order valence-corrected chi connectivity index (χ3v) is 5.90. The second kappa shape index (κ2) is 6.94. The average molecular weight is 351 g/mol. The van der Waals surface area contributed by atoms with E-state index in [9.17, 15) is 0 Å². The number of hydrogen-bond donors (Lipinski definition) is 0. The summed E-state index contributed by atoms with van der Waals surface area (Å²) >= 11 is 0. The highest BCUT2D eigenvalue weighted by molar-refractivity contribution is 6.70. The van der Waals surface area contributed by atoms with Crippen molar-refractivity contribution >= 4 is 25.0 Å². The van der Waals surface area contributed by atoms with E-state index in [1.165, 1.54) is 0 Å². The summed E-state index contributed by atoms with van der Waals surface area (Å²) < 4.78 is 24.7. The Hall–Kier alpha value is 0.491. The zero-order valence-corrected chi connectivity index (χ0v) is 18.3. The van der Waals surface area contributed by atoms with Crippen LogP contribution in [-0.2, 0) is 18.0 Å². The molecule has 1 heterocycles. The predicted octanol–water partition coefficient (Wildman–Crippen LogP) is 3.68. The van der Waals surface area contributed by atoms with Crippen LogP contribution >= 0.6 is 0 Å². The minimum absolute atomic E-state index is 0.00444. The standard InChI is InChI=1S/C14H34O4Si3/c1-19(2,3)16-11-12-14(18-21(7,8)9)13(10-15-12)17-20(4,5)6/h12-14H,10-11H2,1-9H3/t12-,13+,14-/m0/s1. The largest absolute Gasteiger partial charge is 0.415 e. The molecule has 4 nitrogen and oxygen atoms in total. The summed E-state index contributed by atoms with van der Waals surface area (Å²) in [7, 11) is -4.79. The molecule has 1 aliphatic heterocycles. The molecular weight excluding hydrogens is 316 g/mol. The van der Waals surface area contributed by atoms with Gasteiger partial charge in [-0.2, -0.15) is 0 Å². The van der Waals surface area contributed by atoms with Crippen molar-refractivity contribution in [2.24, 2.45) is 0 Å². The normalized spacial score (nSPS) is 28.1. The zero-order valence-electron chi connectivity index (χ0n) is 15.3. The summed E-state index contributed by atoms with van der Waals surface area (Å²) in [5.74, 6) is 0.